The van der Waals surface area contributed by atoms with Crippen molar-refractivity contribution in [3.8, 4) is 0 Å². The van der Waals surface area contributed by atoms with Gasteiger partial charge in [0.05, 0.1) is 39.6 Å². The lowest BCUT2D eigenvalue weighted by molar-refractivity contribution is -0.146. The second-order valence-electron chi connectivity index (χ2n) is 13.9. The van der Waals surface area contributed by atoms with Crippen LogP contribution in [0.3, 0.4) is 0 Å². The molecule has 0 aromatic rings. The summed E-state index contributed by atoms with van der Waals surface area (Å²) in [5.41, 5.74) is 0. The van der Waals surface area contributed by atoms with Crippen molar-refractivity contribution in [2.45, 2.75) is 194 Å². The van der Waals surface area contributed by atoms with E-state index in [0.717, 1.165) is 25.7 Å². The van der Waals surface area contributed by atoms with Gasteiger partial charge in [-0.15, -0.1) is 0 Å². The number of hydrogen-bond donors (Lipinski definition) is 0. The SMILES string of the molecule is CCCCCCCC/C=C\CCCCCCCC(=O)OCCOCCOCCOCCOC(=O)CCCCCCC/C=C\CCCCCCCC. The van der Waals surface area contributed by atoms with Crippen LogP contribution in [0.5, 0.6) is 0 Å². The number of ether oxygens (including phenoxy) is 5. The fourth-order valence-electron chi connectivity index (χ4n) is 5.80. The maximum absolute atomic E-state index is 11.9. The van der Waals surface area contributed by atoms with E-state index >= 15 is 0 Å². The first kappa shape index (κ1) is 49.3. The van der Waals surface area contributed by atoms with E-state index in [1.54, 1.807) is 0 Å². The first-order valence-electron chi connectivity index (χ1n) is 21.5. The van der Waals surface area contributed by atoms with Gasteiger partial charge in [0.2, 0.25) is 0 Å². The number of carbonyl (C=O) groups excluding carboxylic acids is 2. The zero-order valence-corrected chi connectivity index (χ0v) is 33.6. The van der Waals surface area contributed by atoms with E-state index in [0.29, 0.717) is 52.5 Å². The lowest BCUT2D eigenvalue weighted by Gasteiger charge is -2.08. The molecule has 7 heteroatoms. The molecule has 0 unspecified atom stereocenters. The average molecular weight is 723 g/mol. The van der Waals surface area contributed by atoms with Crippen molar-refractivity contribution in [1.29, 1.82) is 0 Å². The molecule has 0 fully saturated rings. The summed E-state index contributed by atoms with van der Waals surface area (Å²) >= 11 is 0. The van der Waals surface area contributed by atoms with E-state index in [1.807, 2.05) is 0 Å². The van der Waals surface area contributed by atoms with E-state index in [-0.39, 0.29) is 25.2 Å². The van der Waals surface area contributed by atoms with Gasteiger partial charge in [-0.2, -0.15) is 0 Å². The topological polar surface area (TPSA) is 80.3 Å². The standard InChI is InChI=1S/C44H82O7/c1-3-5-7-9-11-13-15-17-19-21-23-25-27-29-31-33-43(45)50-41-39-48-37-35-47-36-38-49-40-42-51-44(46)34-32-30-28-26-24-22-20-18-16-14-12-10-8-6-4-2/h17-20H,3-16,21-42H2,1-2H3/b19-17-,20-18-. The molecule has 0 aliphatic heterocycles. The quantitative estimate of drug-likeness (QED) is 0.0352. The Labute approximate surface area is 315 Å². The molecule has 0 saturated carbocycles. The maximum Gasteiger partial charge on any atom is 0.305 e. The molecule has 0 N–H and O–H groups in total. The van der Waals surface area contributed by atoms with Crippen LogP contribution in [0, 0.1) is 0 Å². The lowest BCUT2D eigenvalue weighted by atomic mass is 10.1. The number of rotatable bonds is 42. The van der Waals surface area contributed by atoms with Gasteiger partial charge in [0.15, 0.2) is 0 Å². The summed E-state index contributed by atoms with van der Waals surface area (Å²) in [6, 6.07) is 0. The van der Waals surface area contributed by atoms with Gasteiger partial charge < -0.3 is 23.7 Å². The smallest absolute Gasteiger partial charge is 0.305 e. The highest BCUT2D eigenvalue weighted by atomic mass is 16.6. The van der Waals surface area contributed by atoms with E-state index < -0.39 is 0 Å². The van der Waals surface area contributed by atoms with Crippen molar-refractivity contribution in [2.75, 3.05) is 52.9 Å². The Bertz CT molecular complexity index is 705. The molecule has 0 aliphatic carbocycles. The van der Waals surface area contributed by atoms with Crippen LogP contribution in [0.1, 0.15) is 194 Å². The Balaban J connectivity index is 3.27. The van der Waals surface area contributed by atoms with Gasteiger partial charge in [-0.1, -0.05) is 141 Å². The molecule has 0 radical (unpaired) electrons. The molecule has 0 rings (SSSR count). The molecule has 0 bridgehead atoms. The molecule has 300 valence electrons. The highest BCUT2D eigenvalue weighted by Crippen LogP contribution is 2.12. The molecule has 0 heterocycles. The third-order valence-electron chi connectivity index (χ3n) is 9.01. The fourth-order valence-corrected chi connectivity index (χ4v) is 5.80. The molecule has 0 spiro atoms. The highest BCUT2D eigenvalue weighted by Gasteiger charge is 2.04. The van der Waals surface area contributed by atoms with Crippen LogP contribution in [-0.4, -0.2) is 64.8 Å². The summed E-state index contributed by atoms with van der Waals surface area (Å²) in [7, 11) is 0. The maximum atomic E-state index is 11.9. The fraction of sp³-hybridized carbons (Fsp3) is 0.864. The summed E-state index contributed by atoms with van der Waals surface area (Å²) in [6.07, 6.45) is 42.7. The van der Waals surface area contributed by atoms with E-state index in [1.165, 1.54) is 141 Å². The molecular weight excluding hydrogens is 640 g/mol. The van der Waals surface area contributed by atoms with Crippen molar-refractivity contribution < 1.29 is 33.3 Å². The minimum absolute atomic E-state index is 0.140. The lowest BCUT2D eigenvalue weighted by Crippen LogP contribution is -2.15. The van der Waals surface area contributed by atoms with Crippen LogP contribution in [0.25, 0.3) is 0 Å². The second-order valence-corrected chi connectivity index (χ2v) is 13.9. The van der Waals surface area contributed by atoms with E-state index in [2.05, 4.69) is 38.2 Å². The van der Waals surface area contributed by atoms with Crippen LogP contribution < -0.4 is 0 Å². The number of allylic oxidation sites excluding steroid dienone is 4. The van der Waals surface area contributed by atoms with Gasteiger partial charge in [0.1, 0.15) is 13.2 Å². The number of carbonyl (C=O) groups is 2. The molecule has 0 saturated heterocycles. The first-order chi connectivity index (χ1) is 25.2. The third-order valence-corrected chi connectivity index (χ3v) is 9.01. The Morgan fingerprint density at radius 3 is 0.902 bits per heavy atom. The van der Waals surface area contributed by atoms with Gasteiger partial charge in [-0.3, -0.25) is 9.59 Å². The van der Waals surface area contributed by atoms with Crippen LogP contribution in [0.15, 0.2) is 24.3 Å². The molecule has 0 aromatic heterocycles. The highest BCUT2D eigenvalue weighted by molar-refractivity contribution is 5.69. The number of hydrogen-bond acceptors (Lipinski definition) is 7. The summed E-state index contributed by atoms with van der Waals surface area (Å²) in [5, 5.41) is 0. The van der Waals surface area contributed by atoms with E-state index in [4.69, 9.17) is 23.7 Å². The van der Waals surface area contributed by atoms with Crippen LogP contribution >= 0.6 is 0 Å². The predicted octanol–water partition coefficient (Wildman–Crippen LogP) is 12.2. The average Bonchev–Trinajstić information content (AvgIpc) is 3.13. The Kier molecular flexibility index (Phi) is 43.0. The third kappa shape index (κ3) is 44.4. The van der Waals surface area contributed by atoms with Crippen molar-refractivity contribution in [1.82, 2.24) is 0 Å². The van der Waals surface area contributed by atoms with Gasteiger partial charge >= 0.3 is 11.9 Å². The molecule has 0 atom stereocenters. The second kappa shape index (κ2) is 44.5. The van der Waals surface area contributed by atoms with Crippen molar-refractivity contribution >= 4 is 11.9 Å². The van der Waals surface area contributed by atoms with E-state index in [9.17, 15) is 9.59 Å². The summed E-state index contributed by atoms with van der Waals surface area (Å²) in [4.78, 5) is 23.8. The Hall–Kier alpha value is -1.70. The molecular formula is C44H82O7. The van der Waals surface area contributed by atoms with Gasteiger partial charge in [-0.25, -0.2) is 0 Å². The van der Waals surface area contributed by atoms with Crippen molar-refractivity contribution in [2.24, 2.45) is 0 Å². The van der Waals surface area contributed by atoms with Gasteiger partial charge in [-0.05, 0) is 64.2 Å². The van der Waals surface area contributed by atoms with Gasteiger partial charge in [0.25, 0.3) is 0 Å². The largest absolute Gasteiger partial charge is 0.463 e. The minimum atomic E-state index is -0.140. The molecule has 51 heavy (non-hydrogen) atoms. The Morgan fingerprint density at radius 1 is 0.333 bits per heavy atom. The molecule has 7 nitrogen and oxygen atoms in total. The monoisotopic (exact) mass is 723 g/mol. The zero-order chi connectivity index (χ0) is 37.0. The first-order valence-corrected chi connectivity index (χ1v) is 21.5. The van der Waals surface area contributed by atoms with Crippen molar-refractivity contribution in [3.63, 3.8) is 0 Å². The minimum Gasteiger partial charge on any atom is -0.463 e. The van der Waals surface area contributed by atoms with Crippen LogP contribution in [0.2, 0.25) is 0 Å². The zero-order valence-electron chi connectivity index (χ0n) is 33.6. The molecule has 0 aliphatic rings. The summed E-state index contributed by atoms with van der Waals surface area (Å²) in [6.45, 7) is 7.64. The van der Waals surface area contributed by atoms with Crippen LogP contribution in [0.4, 0.5) is 0 Å². The molecule has 0 amide bonds. The summed E-state index contributed by atoms with van der Waals surface area (Å²) in [5.74, 6) is -0.281. The number of esters is 2. The summed E-state index contributed by atoms with van der Waals surface area (Å²) < 4.78 is 26.9. The van der Waals surface area contributed by atoms with Crippen molar-refractivity contribution in [3.05, 3.63) is 24.3 Å². The van der Waals surface area contributed by atoms with Gasteiger partial charge in [0, 0.05) is 12.8 Å². The normalized spacial score (nSPS) is 11.6. The molecule has 0 aromatic carbocycles. The number of unbranched alkanes of at least 4 members (excludes halogenated alkanes) is 22. The predicted molar refractivity (Wildman–Crippen MR) is 213 cm³/mol. The Morgan fingerprint density at radius 2 is 0.588 bits per heavy atom. The van der Waals surface area contributed by atoms with Crippen LogP contribution in [-0.2, 0) is 33.3 Å².